The van der Waals surface area contributed by atoms with Crippen LogP contribution in [0.15, 0.2) is 42.5 Å². The zero-order valence-electron chi connectivity index (χ0n) is 15.8. The van der Waals surface area contributed by atoms with Gasteiger partial charge < -0.3 is 10.2 Å². The summed E-state index contributed by atoms with van der Waals surface area (Å²) in [6.07, 6.45) is 0. The van der Waals surface area contributed by atoms with Gasteiger partial charge in [-0.15, -0.1) is 0 Å². The predicted octanol–water partition coefficient (Wildman–Crippen LogP) is 2.48. The molecule has 0 atom stereocenters. The second kappa shape index (κ2) is 7.61. The first-order chi connectivity index (χ1) is 12.9. The number of fused-ring (bicyclic) bond motifs is 1. The molecule has 1 heterocycles. The Morgan fingerprint density at radius 1 is 1.07 bits per heavy atom. The number of carbonyl (C=O) groups is 3. The van der Waals surface area contributed by atoms with Crippen molar-refractivity contribution in [3.05, 3.63) is 64.7 Å². The minimum atomic E-state index is -0.374. The predicted molar refractivity (Wildman–Crippen MR) is 104 cm³/mol. The van der Waals surface area contributed by atoms with Gasteiger partial charge in [0.1, 0.15) is 0 Å². The molecule has 2 aromatic rings. The largest absolute Gasteiger partial charge is 0.370 e. The zero-order valence-corrected chi connectivity index (χ0v) is 15.8. The van der Waals surface area contributed by atoms with Crippen molar-refractivity contribution in [2.45, 2.75) is 13.8 Å². The van der Waals surface area contributed by atoms with Crippen molar-refractivity contribution in [2.75, 3.05) is 31.6 Å². The van der Waals surface area contributed by atoms with Crippen LogP contribution in [0.2, 0.25) is 0 Å². The molecular weight excluding hydrogens is 342 g/mol. The second-order valence-corrected chi connectivity index (χ2v) is 6.60. The summed E-state index contributed by atoms with van der Waals surface area (Å²) in [4.78, 5) is 39.7. The Balaban J connectivity index is 1.63. The lowest BCUT2D eigenvalue weighted by Crippen LogP contribution is -2.35. The Hall–Kier alpha value is -3.15. The van der Waals surface area contributed by atoms with E-state index in [1.54, 1.807) is 12.1 Å². The van der Waals surface area contributed by atoms with Crippen molar-refractivity contribution in [3.63, 3.8) is 0 Å². The minimum Gasteiger partial charge on any atom is -0.370 e. The lowest BCUT2D eigenvalue weighted by Gasteiger charge is -2.23. The Kier molecular flexibility index (Phi) is 5.26. The molecule has 0 spiro atoms. The Bertz CT molecular complexity index is 907. The van der Waals surface area contributed by atoms with E-state index in [0.29, 0.717) is 24.2 Å². The van der Waals surface area contributed by atoms with E-state index in [1.165, 1.54) is 18.7 Å². The highest BCUT2D eigenvalue weighted by molar-refractivity contribution is 6.21. The molecule has 140 valence electrons. The number of likely N-dealkylation sites (N-methyl/N-ethyl adjacent to an activating group) is 1. The van der Waals surface area contributed by atoms with Gasteiger partial charge in [-0.1, -0.05) is 12.1 Å². The monoisotopic (exact) mass is 365 g/mol. The maximum absolute atomic E-state index is 12.4. The molecule has 0 bridgehead atoms. The van der Waals surface area contributed by atoms with E-state index in [1.807, 2.05) is 6.07 Å². The fraction of sp³-hybridized carbons (Fsp3) is 0.286. The normalized spacial score (nSPS) is 12.9. The van der Waals surface area contributed by atoms with Crippen LogP contribution in [0.5, 0.6) is 0 Å². The van der Waals surface area contributed by atoms with Crippen LogP contribution in [0, 0.1) is 6.92 Å². The first-order valence-electron chi connectivity index (χ1n) is 8.98. The third-order valence-corrected chi connectivity index (χ3v) is 4.77. The molecule has 0 aliphatic carbocycles. The number of amides is 3. The van der Waals surface area contributed by atoms with E-state index in [0.717, 1.165) is 17.1 Å². The average molecular weight is 365 g/mol. The fourth-order valence-corrected chi connectivity index (χ4v) is 3.20. The molecule has 0 radical (unpaired) electrons. The number of anilines is 1. The molecule has 27 heavy (non-hydrogen) atoms. The first-order valence-corrected chi connectivity index (χ1v) is 8.98. The Labute approximate surface area is 158 Å². The summed E-state index contributed by atoms with van der Waals surface area (Å²) in [5.74, 6) is -0.965. The third-order valence-electron chi connectivity index (χ3n) is 4.77. The van der Waals surface area contributed by atoms with Gasteiger partial charge in [-0.3, -0.25) is 19.3 Å². The summed E-state index contributed by atoms with van der Waals surface area (Å²) >= 11 is 0. The molecule has 2 aromatic carbocycles. The SMILES string of the molecule is CCN(CCNC(=O)c1ccc2c(c1)C(=O)N(C)C2=O)c1cccc(C)c1. The van der Waals surface area contributed by atoms with Crippen LogP contribution in [-0.2, 0) is 0 Å². The van der Waals surface area contributed by atoms with Crippen LogP contribution in [0.25, 0.3) is 0 Å². The van der Waals surface area contributed by atoms with Crippen LogP contribution in [-0.4, -0.2) is 49.3 Å². The summed E-state index contributed by atoms with van der Waals surface area (Å²) in [5, 5.41) is 2.89. The third kappa shape index (κ3) is 3.69. The highest BCUT2D eigenvalue weighted by atomic mass is 16.2. The van der Waals surface area contributed by atoms with Crippen LogP contribution in [0.4, 0.5) is 5.69 Å². The molecule has 6 nitrogen and oxygen atoms in total. The quantitative estimate of drug-likeness (QED) is 0.799. The molecule has 0 aromatic heterocycles. The molecule has 1 aliphatic heterocycles. The number of carbonyl (C=O) groups excluding carboxylic acids is 3. The molecule has 3 rings (SSSR count). The molecule has 0 saturated heterocycles. The number of hydrogen-bond donors (Lipinski definition) is 1. The van der Waals surface area contributed by atoms with Crippen molar-refractivity contribution in [3.8, 4) is 0 Å². The number of imide groups is 1. The summed E-state index contributed by atoms with van der Waals surface area (Å²) in [6.45, 7) is 6.11. The minimum absolute atomic E-state index is 0.257. The Morgan fingerprint density at radius 3 is 2.52 bits per heavy atom. The van der Waals surface area contributed by atoms with Gasteiger partial charge in [-0.05, 0) is 49.7 Å². The molecule has 1 N–H and O–H groups in total. The van der Waals surface area contributed by atoms with Crippen molar-refractivity contribution in [1.82, 2.24) is 10.2 Å². The van der Waals surface area contributed by atoms with E-state index >= 15 is 0 Å². The van der Waals surface area contributed by atoms with Crippen molar-refractivity contribution in [1.29, 1.82) is 0 Å². The number of nitrogens with zero attached hydrogens (tertiary/aromatic N) is 2. The topological polar surface area (TPSA) is 69.7 Å². The summed E-state index contributed by atoms with van der Waals surface area (Å²) in [6, 6.07) is 12.9. The number of hydrogen-bond acceptors (Lipinski definition) is 4. The van der Waals surface area contributed by atoms with Gasteiger partial charge in [0.25, 0.3) is 17.7 Å². The van der Waals surface area contributed by atoms with Crippen LogP contribution in [0.1, 0.15) is 43.6 Å². The highest BCUT2D eigenvalue weighted by Crippen LogP contribution is 2.22. The van der Waals surface area contributed by atoms with Crippen LogP contribution >= 0.6 is 0 Å². The standard InChI is InChI=1S/C21H23N3O3/c1-4-24(16-7-5-6-14(2)12-16)11-10-22-19(25)15-8-9-17-18(13-15)21(27)23(3)20(17)26/h5-9,12-13H,4,10-11H2,1-3H3,(H,22,25). The molecule has 0 unspecified atom stereocenters. The molecule has 3 amide bonds. The number of nitrogens with one attached hydrogen (secondary N) is 1. The zero-order chi connectivity index (χ0) is 19.6. The van der Waals surface area contributed by atoms with E-state index in [2.05, 4.69) is 42.3 Å². The van der Waals surface area contributed by atoms with Crippen molar-refractivity contribution < 1.29 is 14.4 Å². The van der Waals surface area contributed by atoms with Crippen molar-refractivity contribution in [2.24, 2.45) is 0 Å². The van der Waals surface area contributed by atoms with E-state index in [4.69, 9.17) is 0 Å². The van der Waals surface area contributed by atoms with Crippen LogP contribution < -0.4 is 10.2 Å². The van der Waals surface area contributed by atoms with E-state index < -0.39 is 0 Å². The smallest absolute Gasteiger partial charge is 0.261 e. The maximum Gasteiger partial charge on any atom is 0.261 e. The summed E-state index contributed by atoms with van der Waals surface area (Å²) in [5.41, 5.74) is 3.32. The molecular formula is C21H23N3O3. The second-order valence-electron chi connectivity index (χ2n) is 6.60. The van der Waals surface area contributed by atoms with Gasteiger partial charge in [0, 0.05) is 37.9 Å². The van der Waals surface area contributed by atoms with Gasteiger partial charge in [0.05, 0.1) is 11.1 Å². The fourth-order valence-electron chi connectivity index (χ4n) is 3.20. The average Bonchev–Trinajstić information content (AvgIpc) is 2.89. The molecule has 0 saturated carbocycles. The highest BCUT2D eigenvalue weighted by Gasteiger charge is 2.33. The van der Waals surface area contributed by atoms with Gasteiger partial charge in [-0.25, -0.2) is 0 Å². The molecule has 1 aliphatic rings. The van der Waals surface area contributed by atoms with Crippen LogP contribution in [0.3, 0.4) is 0 Å². The lowest BCUT2D eigenvalue weighted by atomic mass is 10.1. The Morgan fingerprint density at radius 2 is 1.81 bits per heavy atom. The molecule has 6 heteroatoms. The molecule has 0 fully saturated rings. The maximum atomic E-state index is 12.4. The number of rotatable bonds is 6. The van der Waals surface area contributed by atoms with E-state index in [-0.39, 0.29) is 23.3 Å². The van der Waals surface area contributed by atoms with Gasteiger partial charge in [0.2, 0.25) is 0 Å². The number of benzene rings is 2. The van der Waals surface area contributed by atoms with Gasteiger partial charge in [0.15, 0.2) is 0 Å². The van der Waals surface area contributed by atoms with E-state index in [9.17, 15) is 14.4 Å². The first kappa shape index (κ1) is 18.6. The van der Waals surface area contributed by atoms with Crippen molar-refractivity contribution >= 4 is 23.4 Å². The van der Waals surface area contributed by atoms with Gasteiger partial charge in [-0.2, -0.15) is 0 Å². The number of aryl methyl sites for hydroxylation is 1. The summed E-state index contributed by atoms with van der Waals surface area (Å²) < 4.78 is 0. The summed E-state index contributed by atoms with van der Waals surface area (Å²) in [7, 11) is 1.44. The lowest BCUT2D eigenvalue weighted by molar-refractivity contribution is 0.0693. The van der Waals surface area contributed by atoms with Gasteiger partial charge >= 0.3 is 0 Å².